The second-order valence-corrected chi connectivity index (χ2v) is 9.05. The summed E-state index contributed by atoms with van der Waals surface area (Å²) in [4.78, 5) is 39.7. The van der Waals surface area contributed by atoms with Crippen LogP contribution >= 0.6 is 15.9 Å². The number of pyridine rings is 1. The quantitative estimate of drug-likeness (QED) is 0.274. The largest absolute Gasteiger partial charge is 0.321 e. The third kappa shape index (κ3) is 4.10. The van der Waals surface area contributed by atoms with E-state index >= 15 is 0 Å². The molecular weight excluding hydrogens is 512 g/mol. The monoisotopic (exact) mass is 530 g/mol. The van der Waals surface area contributed by atoms with E-state index in [1.807, 2.05) is 48.5 Å². The number of non-ortho nitro benzene ring substituents is 1. The van der Waals surface area contributed by atoms with Crippen molar-refractivity contribution in [3.8, 4) is 11.1 Å². The summed E-state index contributed by atoms with van der Waals surface area (Å²) in [7, 11) is 0. The fraction of sp³-hybridized carbons (Fsp3) is 0.0769. The molecule has 1 aliphatic rings. The van der Waals surface area contributed by atoms with E-state index in [9.17, 15) is 19.7 Å². The van der Waals surface area contributed by atoms with E-state index in [0.717, 1.165) is 15.4 Å². The molecule has 2 heterocycles. The number of carbonyl (C=O) groups excluding carboxylic acids is 1. The number of halogens is 1. The van der Waals surface area contributed by atoms with Gasteiger partial charge in [0.05, 0.1) is 22.2 Å². The fourth-order valence-corrected chi connectivity index (χ4v) is 4.74. The number of rotatable bonds is 4. The summed E-state index contributed by atoms with van der Waals surface area (Å²) >= 11 is 3.52. The van der Waals surface area contributed by atoms with Crippen LogP contribution in [0, 0.1) is 10.1 Å². The molecular formula is C26H19BrN4O4. The van der Waals surface area contributed by atoms with Crippen molar-refractivity contribution >= 4 is 44.1 Å². The summed E-state index contributed by atoms with van der Waals surface area (Å²) in [6.45, 7) is 1.40. The highest BCUT2D eigenvalue weighted by molar-refractivity contribution is 9.10. The Labute approximate surface area is 208 Å². The van der Waals surface area contributed by atoms with Gasteiger partial charge in [-0.15, -0.1) is 0 Å². The molecule has 0 unspecified atom stereocenters. The van der Waals surface area contributed by atoms with Gasteiger partial charge in [0, 0.05) is 40.0 Å². The first kappa shape index (κ1) is 22.5. The maximum atomic E-state index is 13.4. The van der Waals surface area contributed by atoms with E-state index < -0.39 is 11.0 Å². The zero-order chi connectivity index (χ0) is 24.7. The first-order chi connectivity index (χ1) is 16.8. The highest BCUT2D eigenvalue weighted by Gasteiger charge is 2.32. The predicted octanol–water partition coefficient (Wildman–Crippen LogP) is 5.31. The van der Waals surface area contributed by atoms with Crippen LogP contribution in [0.2, 0.25) is 0 Å². The smallest absolute Gasteiger partial charge is 0.269 e. The summed E-state index contributed by atoms with van der Waals surface area (Å²) in [5.74, 6) is -0.297. The number of amides is 1. The van der Waals surface area contributed by atoms with E-state index in [1.54, 1.807) is 18.2 Å². The number of H-pyrrole nitrogens is 1. The Hall–Kier alpha value is -4.24. The lowest BCUT2D eigenvalue weighted by Gasteiger charge is -2.24. The Bertz CT molecular complexity index is 1580. The average Bonchev–Trinajstić information content (AvgIpc) is 3.29. The Morgan fingerprint density at radius 3 is 2.51 bits per heavy atom. The molecule has 8 nitrogen and oxygen atoms in total. The van der Waals surface area contributed by atoms with Crippen molar-refractivity contribution in [1.82, 2.24) is 15.4 Å². The van der Waals surface area contributed by atoms with Crippen LogP contribution in [0.1, 0.15) is 24.1 Å². The number of hydrogen-bond donors (Lipinski definition) is 2. The van der Waals surface area contributed by atoms with Gasteiger partial charge in [-0.2, -0.15) is 0 Å². The first-order valence-electron chi connectivity index (χ1n) is 10.8. The Morgan fingerprint density at radius 2 is 1.80 bits per heavy atom. The molecule has 1 atom stereocenters. The molecule has 1 aliphatic heterocycles. The van der Waals surface area contributed by atoms with Crippen LogP contribution in [0.25, 0.3) is 27.7 Å². The van der Waals surface area contributed by atoms with E-state index in [1.165, 1.54) is 24.1 Å². The summed E-state index contributed by atoms with van der Waals surface area (Å²) in [6, 6.07) is 20.7. The van der Waals surface area contributed by atoms with Gasteiger partial charge in [0.15, 0.2) is 0 Å². The van der Waals surface area contributed by atoms with Gasteiger partial charge < -0.3 is 4.98 Å². The minimum absolute atomic E-state index is 0.0776. The van der Waals surface area contributed by atoms with Crippen LogP contribution in [0.5, 0.6) is 0 Å². The van der Waals surface area contributed by atoms with Gasteiger partial charge in [0.2, 0.25) is 5.91 Å². The van der Waals surface area contributed by atoms with Crippen LogP contribution in [-0.2, 0) is 4.79 Å². The predicted molar refractivity (Wildman–Crippen MR) is 137 cm³/mol. The highest BCUT2D eigenvalue weighted by atomic mass is 79.9. The van der Waals surface area contributed by atoms with Gasteiger partial charge in [0.25, 0.3) is 11.2 Å². The van der Waals surface area contributed by atoms with Gasteiger partial charge in [-0.25, -0.2) is 5.01 Å². The van der Waals surface area contributed by atoms with E-state index in [0.29, 0.717) is 27.9 Å². The van der Waals surface area contributed by atoms with Crippen molar-refractivity contribution in [1.29, 1.82) is 0 Å². The number of nitro benzene ring substituents is 1. The molecule has 1 aromatic heterocycles. The van der Waals surface area contributed by atoms with Crippen molar-refractivity contribution in [3.05, 3.63) is 115 Å². The summed E-state index contributed by atoms with van der Waals surface area (Å²) < 4.78 is 0.855. The second kappa shape index (κ2) is 8.84. The van der Waals surface area contributed by atoms with Crippen LogP contribution in [0.3, 0.4) is 0 Å². The number of aromatic amines is 1. The standard InChI is InChI=1S/C26H19BrN4O4/c1-15(32)30-23(17-8-5-9-19(12-17)31(34)35)14-22(29-30)25-24(16-6-3-2-4-7-16)20-13-18(27)10-11-21(20)28-26(25)33/h2-14,23,29H,1H3,(H,28,33)/t23-/m0/s1. The topological polar surface area (TPSA) is 108 Å². The number of carbonyl (C=O) groups is 1. The molecule has 1 amide bonds. The van der Waals surface area contributed by atoms with Crippen molar-refractivity contribution < 1.29 is 9.72 Å². The molecule has 9 heteroatoms. The number of nitrogens with zero attached hydrogens (tertiary/aromatic N) is 2. The van der Waals surface area contributed by atoms with E-state index in [-0.39, 0.29) is 17.2 Å². The molecule has 0 radical (unpaired) electrons. The summed E-state index contributed by atoms with van der Waals surface area (Å²) in [6.07, 6.45) is 1.75. The number of nitro groups is 1. The number of hydrogen-bond acceptors (Lipinski definition) is 5. The van der Waals surface area contributed by atoms with Gasteiger partial charge in [-0.05, 0) is 35.4 Å². The Morgan fingerprint density at radius 1 is 1.03 bits per heavy atom. The van der Waals surface area contributed by atoms with E-state index in [4.69, 9.17) is 0 Å². The molecule has 2 N–H and O–H groups in total. The van der Waals surface area contributed by atoms with Gasteiger partial charge in [-0.1, -0.05) is 58.4 Å². The lowest BCUT2D eigenvalue weighted by Crippen LogP contribution is -2.38. The molecule has 3 aromatic carbocycles. The van der Waals surface area contributed by atoms with Crippen molar-refractivity contribution in [2.75, 3.05) is 0 Å². The molecule has 35 heavy (non-hydrogen) atoms. The second-order valence-electron chi connectivity index (χ2n) is 8.14. The normalized spacial score (nSPS) is 15.1. The van der Waals surface area contributed by atoms with Crippen LogP contribution < -0.4 is 11.0 Å². The van der Waals surface area contributed by atoms with Crippen LogP contribution in [0.15, 0.2) is 88.1 Å². The third-order valence-electron chi connectivity index (χ3n) is 5.91. The van der Waals surface area contributed by atoms with Gasteiger partial charge in [0.1, 0.15) is 0 Å². The lowest BCUT2D eigenvalue weighted by atomic mass is 9.94. The lowest BCUT2D eigenvalue weighted by molar-refractivity contribution is -0.384. The molecule has 0 saturated carbocycles. The van der Waals surface area contributed by atoms with Crippen LogP contribution in [-0.4, -0.2) is 20.8 Å². The zero-order valence-electron chi connectivity index (χ0n) is 18.5. The maximum Gasteiger partial charge on any atom is 0.269 e. The zero-order valence-corrected chi connectivity index (χ0v) is 20.1. The Balaban J connectivity index is 1.76. The minimum Gasteiger partial charge on any atom is -0.321 e. The molecule has 0 spiro atoms. The number of hydrazine groups is 1. The third-order valence-corrected chi connectivity index (χ3v) is 6.41. The molecule has 4 aromatic rings. The van der Waals surface area contributed by atoms with Crippen molar-refractivity contribution in [2.45, 2.75) is 13.0 Å². The molecule has 0 fully saturated rings. The molecule has 174 valence electrons. The van der Waals surface area contributed by atoms with Gasteiger partial charge >= 0.3 is 0 Å². The number of benzene rings is 3. The molecule has 5 rings (SSSR count). The highest BCUT2D eigenvalue weighted by Crippen LogP contribution is 2.38. The minimum atomic E-state index is -0.636. The first-order valence-corrected chi connectivity index (χ1v) is 11.6. The summed E-state index contributed by atoms with van der Waals surface area (Å²) in [5, 5.41) is 13.5. The summed E-state index contributed by atoms with van der Waals surface area (Å²) in [5.41, 5.74) is 6.29. The van der Waals surface area contributed by atoms with Crippen molar-refractivity contribution in [3.63, 3.8) is 0 Å². The molecule has 0 aliphatic carbocycles. The van der Waals surface area contributed by atoms with Gasteiger partial charge in [-0.3, -0.25) is 25.1 Å². The molecule has 0 saturated heterocycles. The number of fused-ring (bicyclic) bond motifs is 1. The fourth-order valence-electron chi connectivity index (χ4n) is 4.38. The van der Waals surface area contributed by atoms with Crippen LogP contribution in [0.4, 0.5) is 5.69 Å². The number of nitrogens with one attached hydrogen (secondary N) is 2. The maximum absolute atomic E-state index is 13.4. The van der Waals surface area contributed by atoms with Crippen molar-refractivity contribution in [2.24, 2.45) is 0 Å². The Kier molecular flexibility index (Phi) is 5.70. The number of aromatic nitrogens is 1. The molecule has 0 bridgehead atoms. The average molecular weight is 531 g/mol. The van der Waals surface area contributed by atoms with E-state index in [2.05, 4.69) is 26.3 Å². The SMILES string of the molecule is CC(=O)N1NC(c2c(-c3ccccc3)c3cc(Br)ccc3[nH]c2=O)=C[C@H]1c1cccc([N+](=O)[O-])c1.